The molecule has 0 bridgehead atoms. The highest BCUT2D eigenvalue weighted by molar-refractivity contribution is 5.69. The van der Waals surface area contributed by atoms with Gasteiger partial charge in [0, 0.05) is 11.6 Å². The van der Waals surface area contributed by atoms with Gasteiger partial charge in [0.15, 0.2) is 11.6 Å². The first kappa shape index (κ1) is 11.5. The molecule has 2 rings (SSSR count). The fourth-order valence-electron chi connectivity index (χ4n) is 1.42. The van der Waals surface area contributed by atoms with Crippen molar-refractivity contribution in [1.29, 1.82) is 0 Å². The second kappa shape index (κ2) is 4.87. The zero-order valence-corrected chi connectivity index (χ0v) is 8.83. The Morgan fingerprint density at radius 2 is 1.35 bits per heavy atom. The summed E-state index contributed by atoms with van der Waals surface area (Å²) in [5.41, 5.74) is 0.879. The van der Waals surface area contributed by atoms with E-state index in [1.807, 2.05) is 30.3 Å². The molecule has 0 aromatic heterocycles. The van der Waals surface area contributed by atoms with Crippen LogP contribution < -0.4 is 0 Å². The third kappa shape index (κ3) is 2.75. The lowest BCUT2D eigenvalue weighted by Gasteiger charge is -1.99. The van der Waals surface area contributed by atoms with E-state index >= 15 is 0 Å². The van der Waals surface area contributed by atoms with Gasteiger partial charge >= 0.3 is 0 Å². The Balaban J connectivity index is 2.31. The average Bonchev–Trinajstić information content (AvgIpc) is 2.33. The summed E-state index contributed by atoms with van der Waals surface area (Å²) < 4.78 is 38.9. The highest BCUT2D eigenvalue weighted by Crippen LogP contribution is 2.16. The summed E-state index contributed by atoms with van der Waals surface area (Å²) in [6, 6.07) is 10.6. The van der Waals surface area contributed by atoms with Crippen molar-refractivity contribution in [1.82, 2.24) is 0 Å². The van der Waals surface area contributed by atoms with Crippen molar-refractivity contribution in [3.8, 4) is 0 Å². The zero-order valence-electron chi connectivity index (χ0n) is 8.83. The van der Waals surface area contributed by atoms with Gasteiger partial charge < -0.3 is 0 Å². The Hall–Kier alpha value is -2.03. The van der Waals surface area contributed by atoms with Crippen LogP contribution in [-0.4, -0.2) is 0 Å². The molecule has 0 atom stereocenters. The molecule has 86 valence electrons. The van der Waals surface area contributed by atoms with E-state index in [1.54, 1.807) is 6.08 Å². The summed E-state index contributed by atoms with van der Waals surface area (Å²) in [5, 5.41) is 0. The molecule has 2 aromatic carbocycles. The third-order valence-corrected chi connectivity index (χ3v) is 2.29. The molecule has 0 nitrogen and oxygen atoms in total. The van der Waals surface area contributed by atoms with Crippen LogP contribution in [0.5, 0.6) is 0 Å². The first-order chi connectivity index (χ1) is 8.16. The van der Waals surface area contributed by atoms with Gasteiger partial charge in [0.1, 0.15) is 5.82 Å². The smallest absolute Gasteiger partial charge is 0.161 e. The van der Waals surface area contributed by atoms with Crippen LogP contribution in [0.2, 0.25) is 0 Å². The van der Waals surface area contributed by atoms with Crippen molar-refractivity contribution in [3.05, 3.63) is 71.0 Å². The Bertz CT molecular complexity index is 545. The molecule has 0 unspecified atom stereocenters. The quantitative estimate of drug-likeness (QED) is 0.537. The first-order valence-electron chi connectivity index (χ1n) is 5.04. The Morgan fingerprint density at radius 1 is 0.706 bits per heavy atom. The highest BCUT2D eigenvalue weighted by atomic mass is 19.2. The van der Waals surface area contributed by atoms with Crippen LogP contribution in [0.3, 0.4) is 0 Å². The predicted octanol–water partition coefficient (Wildman–Crippen LogP) is 4.27. The molecule has 0 radical (unpaired) electrons. The lowest BCUT2D eigenvalue weighted by molar-refractivity contribution is 0.494. The van der Waals surface area contributed by atoms with Crippen molar-refractivity contribution in [2.75, 3.05) is 0 Å². The molecule has 0 saturated carbocycles. The molecular formula is C14H9F3. The van der Waals surface area contributed by atoms with Crippen LogP contribution in [0.15, 0.2) is 42.5 Å². The molecule has 0 aliphatic carbocycles. The summed E-state index contributed by atoms with van der Waals surface area (Å²) in [4.78, 5) is 0. The van der Waals surface area contributed by atoms with Crippen molar-refractivity contribution < 1.29 is 13.2 Å². The van der Waals surface area contributed by atoms with E-state index in [4.69, 9.17) is 0 Å². The molecule has 0 N–H and O–H groups in total. The SMILES string of the molecule is Fc1cc(F)c(/C=C/c2ccccc2)cc1F. The van der Waals surface area contributed by atoms with Crippen molar-refractivity contribution in [3.63, 3.8) is 0 Å². The number of halogens is 3. The lowest BCUT2D eigenvalue weighted by Crippen LogP contribution is -1.89. The molecule has 0 aliphatic rings. The molecular weight excluding hydrogens is 225 g/mol. The molecule has 0 saturated heterocycles. The van der Waals surface area contributed by atoms with E-state index < -0.39 is 17.5 Å². The van der Waals surface area contributed by atoms with Crippen molar-refractivity contribution in [2.45, 2.75) is 0 Å². The van der Waals surface area contributed by atoms with Gasteiger partial charge in [-0.05, 0) is 11.6 Å². The number of benzene rings is 2. The maximum Gasteiger partial charge on any atom is 0.161 e. The van der Waals surface area contributed by atoms with Crippen LogP contribution >= 0.6 is 0 Å². The Morgan fingerprint density at radius 3 is 2.06 bits per heavy atom. The van der Waals surface area contributed by atoms with E-state index in [1.165, 1.54) is 6.08 Å². The van der Waals surface area contributed by atoms with Gasteiger partial charge in [-0.25, -0.2) is 13.2 Å². The predicted molar refractivity (Wildman–Crippen MR) is 61.7 cm³/mol. The van der Waals surface area contributed by atoms with Crippen LogP contribution in [0, 0.1) is 17.5 Å². The summed E-state index contributed by atoms with van der Waals surface area (Å²) >= 11 is 0. The summed E-state index contributed by atoms with van der Waals surface area (Å²) in [7, 11) is 0. The van der Waals surface area contributed by atoms with Crippen LogP contribution in [0.4, 0.5) is 13.2 Å². The van der Waals surface area contributed by atoms with Crippen molar-refractivity contribution in [2.24, 2.45) is 0 Å². The van der Waals surface area contributed by atoms with Gasteiger partial charge in [-0.1, -0.05) is 42.5 Å². The van der Waals surface area contributed by atoms with Crippen molar-refractivity contribution >= 4 is 12.2 Å². The summed E-state index contributed by atoms with van der Waals surface area (Å²) in [5.74, 6) is -3.02. The molecule has 17 heavy (non-hydrogen) atoms. The third-order valence-electron chi connectivity index (χ3n) is 2.29. The highest BCUT2D eigenvalue weighted by Gasteiger charge is 2.07. The topological polar surface area (TPSA) is 0 Å². The Kier molecular flexibility index (Phi) is 3.28. The second-order valence-corrected chi connectivity index (χ2v) is 3.53. The normalized spacial score (nSPS) is 11.0. The fraction of sp³-hybridized carbons (Fsp3) is 0. The summed E-state index contributed by atoms with van der Waals surface area (Å²) in [6.07, 6.45) is 3.04. The van der Waals surface area contributed by atoms with E-state index in [2.05, 4.69) is 0 Å². The van der Waals surface area contributed by atoms with Gasteiger partial charge in [0.05, 0.1) is 0 Å². The monoisotopic (exact) mass is 234 g/mol. The van der Waals surface area contributed by atoms with E-state index in [9.17, 15) is 13.2 Å². The minimum atomic E-state index is -1.18. The molecule has 0 aliphatic heterocycles. The number of rotatable bonds is 2. The minimum absolute atomic E-state index is 0.0211. The molecule has 3 heteroatoms. The average molecular weight is 234 g/mol. The van der Waals surface area contributed by atoms with Gasteiger partial charge in [-0.15, -0.1) is 0 Å². The van der Waals surface area contributed by atoms with Gasteiger partial charge in [0.2, 0.25) is 0 Å². The molecule has 0 amide bonds. The maximum absolute atomic E-state index is 13.3. The zero-order chi connectivity index (χ0) is 12.3. The summed E-state index contributed by atoms with van der Waals surface area (Å²) in [6.45, 7) is 0. The molecule has 0 spiro atoms. The molecule has 0 heterocycles. The largest absolute Gasteiger partial charge is 0.206 e. The second-order valence-electron chi connectivity index (χ2n) is 3.53. The lowest BCUT2D eigenvalue weighted by atomic mass is 10.1. The van der Waals surface area contributed by atoms with Crippen LogP contribution in [-0.2, 0) is 0 Å². The first-order valence-corrected chi connectivity index (χ1v) is 5.04. The number of hydrogen-bond donors (Lipinski definition) is 0. The maximum atomic E-state index is 13.3. The number of hydrogen-bond acceptors (Lipinski definition) is 0. The van der Waals surface area contributed by atoms with Gasteiger partial charge in [-0.3, -0.25) is 0 Å². The van der Waals surface area contributed by atoms with E-state index in [-0.39, 0.29) is 5.56 Å². The van der Waals surface area contributed by atoms with Crippen LogP contribution in [0.1, 0.15) is 11.1 Å². The van der Waals surface area contributed by atoms with E-state index in [0.29, 0.717) is 6.07 Å². The van der Waals surface area contributed by atoms with Gasteiger partial charge in [0.25, 0.3) is 0 Å². The fourth-order valence-corrected chi connectivity index (χ4v) is 1.42. The Labute approximate surface area is 97.0 Å². The standard InChI is InChI=1S/C14H9F3/c15-12-9-14(17)13(16)8-11(12)7-6-10-4-2-1-3-5-10/h1-9H/b7-6+. The molecule has 0 fully saturated rings. The van der Waals surface area contributed by atoms with E-state index in [0.717, 1.165) is 11.6 Å². The minimum Gasteiger partial charge on any atom is -0.206 e. The van der Waals surface area contributed by atoms with Crippen LogP contribution in [0.25, 0.3) is 12.2 Å². The molecule has 2 aromatic rings. The van der Waals surface area contributed by atoms with Gasteiger partial charge in [-0.2, -0.15) is 0 Å².